The summed E-state index contributed by atoms with van der Waals surface area (Å²) in [5.41, 5.74) is 0.160. The number of likely N-dealkylation sites (tertiary alicyclic amines) is 1. The Bertz CT molecular complexity index is 821. The topological polar surface area (TPSA) is 122 Å². The number of benzene rings is 1. The van der Waals surface area contributed by atoms with Crippen LogP contribution in [-0.2, 0) is 25.5 Å². The number of hydrogen-bond donors (Lipinski definition) is 2. The van der Waals surface area contributed by atoms with Gasteiger partial charge in [-0.1, -0.05) is 30.3 Å². The third-order valence-electron chi connectivity index (χ3n) is 4.47. The molecule has 1 aliphatic heterocycles. The molecular formula is C19H28N2O7S. The van der Waals surface area contributed by atoms with Crippen LogP contribution in [0.4, 0.5) is 9.59 Å². The second kappa shape index (κ2) is 9.00. The average Bonchev–Trinajstić information content (AvgIpc) is 2.89. The van der Waals surface area contributed by atoms with E-state index < -0.39 is 45.9 Å². The van der Waals surface area contributed by atoms with Crippen LogP contribution in [0, 0.1) is 5.92 Å². The van der Waals surface area contributed by atoms with Gasteiger partial charge in [-0.2, -0.15) is 8.42 Å². The number of alkyl carbamates (subject to hydrolysis) is 1. The van der Waals surface area contributed by atoms with Crippen molar-refractivity contribution < 1.29 is 32.0 Å². The second-order valence-corrected chi connectivity index (χ2v) is 9.76. The second-order valence-electron chi connectivity index (χ2n) is 8.11. The first kappa shape index (κ1) is 23.0. The summed E-state index contributed by atoms with van der Waals surface area (Å²) in [6.07, 6.45) is -0.571. The maximum Gasteiger partial charge on any atom is 0.407 e. The van der Waals surface area contributed by atoms with Crippen molar-refractivity contribution >= 4 is 22.3 Å². The van der Waals surface area contributed by atoms with Crippen molar-refractivity contribution in [1.82, 2.24) is 10.2 Å². The van der Waals surface area contributed by atoms with Crippen LogP contribution in [0.15, 0.2) is 30.3 Å². The molecule has 0 spiro atoms. The zero-order valence-electron chi connectivity index (χ0n) is 17.0. The van der Waals surface area contributed by atoms with E-state index in [1.807, 2.05) is 30.3 Å². The third kappa shape index (κ3) is 7.21. The van der Waals surface area contributed by atoms with Crippen LogP contribution in [0.25, 0.3) is 0 Å². The Labute approximate surface area is 171 Å². The summed E-state index contributed by atoms with van der Waals surface area (Å²) in [6.45, 7) is 4.95. The lowest BCUT2D eigenvalue weighted by Crippen LogP contribution is -2.50. The van der Waals surface area contributed by atoms with E-state index >= 15 is 0 Å². The van der Waals surface area contributed by atoms with Gasteiger partial charge < -0.3 is 20.1 Å². The van der Waals surface area contributed by atoms with E-state index in [1.54, 1.807) is 20.8 Å². The van der Waals surface area contributed by atoms with Crippen LogP contribution in [0.3, 0.4) is 0 Å². The van der Waals surface area contributed by atoms with Gasteiger partial charge in [0, 0.05) is 12.5 Å². The zero-order chi connectivity index (χ0) is 21.8. The van der Waals surface area contributed by atoms with Crippen molar-refractivity contribution in [1.29, 1.82) is 0 Å². The molecule has 0 aliphatic carbocycles. The van der Waals surface area contributed by atoms with Gasteiger partial charge in [0.2, 0.25) is 0 Å². The van der Waals surface area contributed by atoms with Gasteiger partial charge in [-0.3, -0.25) is 4.18 Å². The van der Waals surface area contributed by atoms with E-state index in [0.717, 1.165) is 11.8 Å². The van der Waals surface area contributed by atoms with E-state index in [9.17, 15) is 23.1 Å². The first-order valence-electron chi connectivity index (χ1n) is 9.23. The van der Waals surface area contributed by atoms with Crippen molar-refractivity contribution in [2.24, 2.45) is 5.92 Å². The number of amides is 2. The van der Waals surface area contributed by atoms with Gasteiger partial charge in [0.05, 0.1) is 24.9 Å². The normalized spacial score (nSPS) is 22.3. The Kier molecular flexibility index (Phi) is 7.12. The highest BCUT2D eigenvalue weighted by Gasteiger charge is 2.45. The van der Waals surface area contributed by atoms with Crippen molar-refractivity contribution in [3.05, 3.63) is 35.9 Å². The van der Waals surface area contributed by atoms with E-state index in [2.05, 4.69) is 5.32 Å². The quantitative estimate of drug-likeness (QED) is 0.665. The molecule has 2 rings (SSSR count). The predicted octanol–water partition coefficient (Wildman–Crippen LogP) is 2.08. The number of ether oxygens (including phenoxy) is 1. The van der Waals surface area contributed by atoms with Gasteiger partial charge >= 0.3 is 12.2 Å². The van der Waals surface area contributed by atoms with Crippen LogP contribution >= 0.6 is 0 Å². The van der Waals surface area contributed by atoms with Gasteiger partial charge in [0.15, 0.2) is 0 Å². The largest absolute Gasteiger partial charge is 0.465 e. The fourth-order valence-electron chi connectivity index (χ4n) is 3.35. The van der Waals surface area contributed by atoms with Crippen LogP contribution in [-0.4, -0.2) is 67.7 Å². The average molecular weight is 429 g/mol. The summed E-state index contributed by atoms with van der Waals surface area (Å²) in [6, 6.07) is 7.99. The summed E-state index contributed by atoms with van der Waals surface area (Å²) < 4.78 is 33.1. The van der Waals surface area contributed by atoms with Gasteiger partial charge in [-0.15, -0.1) is 0 Å². The Morgan fingerprint density at radius 2 is 1.86 bits per heavy atom. The molecule has 3 atom stereocenters. The lowest BCUT2D eigenvalue weighted by molar-refractivity contribution is 0.0473. The van der Waals surface area contributed by atoms with E-state index in [0.29, 0.717) is 6.42 Å². The number of hydrogen-bond acceptors (Lipinski definition) is 6. The Morgan fingerprint density at radius 3 is 2.38 bits per heavy atom. The SMILES string of the molecule is CC(C)(C)OC(=O)NC1C(COS(C)(=O)=O)CN(C(=O)O)C1Cc1ccccc1. The third-order valence-corrected chi connectivity index (χ3v) is 5.03. The Morgan fingerprint density at radius 1 is 1.24 bits per heavy atom. The molecule has 1 aromatic carbocycles. The molecule has 29 heavy (non-hydrogen) atoms. The molecule has 0 aromatic heterocycles. The summed E-state index contributed by atoms with van der Waals surface area (Å²) in [7, 11) is -3.72. The molecule has 2 N–H and O–H groups in total. The van der Waals surface area contributed by atoms with E-state index in [-0.39, 0.29) is 13.2 Å². The van der Waals surface area contributed by atoms with Crippen LogP contribution < -0.4 is 5.32 Å². The number of nitrogens with one attached hydrogen (secondary N) is 1. The molecule has 2 amide bonds. The molecule has 0 radical (unpaired) electrons. The van der Waals surface area contributed by atoms with Crippen LogP contribution in [0.2, 0.25) is 0 Å². The molecule has 9 nitrogen and oxygen atoms in total. The molecule has 3 unspecified atom stereocenters. The highest BCUT2D eigenvalue weighted by atomic mass is 32.2. The fraction of sp³-hybridized carbons (Fsp3) is 0.579. The molecular weight excluding hydrogens is 400 g/mol. The smallest absolute Gasteiger partial charge is 0.407 e. The van der Waals surface area contributed by atoms with Crippen molar-refractivity contribution in [3.63, 3.8) is 0 Å². The number of rotatable bonds is 6. The Hall–Kier alpha value is -2.33. The molecule has 0 bridgehead atoms. The minimum Gasteiger partial charge on any atom is -0.465 e. The highest BCUT2D eigenvalue weighted by molar-refractivity contribution is 7.85. The van der Waals surface area contributed by atoms with E-state index in [1.165, 1.54) is 4.90 Å². The maximum absolute atomic E-state index is 12.4. The summed E-state index contributed by atoms with van der Waals surface area (Å²) in [5.74, 6) is -0.554. The first-order valence-corrected chi connectivity index (χ1v) is 11.0. The zero-order valence-corrected chi connectivity index (χ0v) is 17.8. The highest BCUT2D eigenvalue weighted by Crippen LogP contribution is 2.28. The molecule has 1 heterocycles. The van der Waals surface area contributed by atoms with Crippen molar-refractivity contribution in [3.8, 4) is 0 Å². The van der Waals surface area contributed by atoms with Crippen molar-refractivity contribution in [2.75, 3.05) is 19.4 Å². The summed E-state index contributed by atoms with van der Waals surface area (Å²) in [4.78, 5) is 25.4. The van der Waals surface area contributed by atoms with Gasteiger partial charge in [-0.05, 0) is 32.8 Å². The van der Waals surface area contributed by atoms with Crippen LogP contribution in [0.1, 0.15) is 26.3 Å². The van der Waals surface area contributed by atoms with Gasteiger partial charge in [0.25, 0.3) is 10.1 Å². The molecule has 1 saturated heterocycles. The number of carbonyl (C=O) groups excluding carboxylic acids is 1. The number of nitrogens with zero attached hydrogens (tertiary/aromatic N) is 1. The fourth-order valence-corrected chi connectivity index (χ4v) is 3.77. The minimum atomic E-state index is -3.72. The first-order chi connectivity index (χ1) is 13.4. The molecule has 162 valence electrons. The number of carbonyl (C=O) groups is 2. The van der Waals surface area contributed by atoms with E-state index in [4.69, 9.17) is 8.92 Å². The van der Waals surface area contributed by atoms with Gasteiger partial charge in [0.1, 0.15) is 5.60 Å². The molecule has 10 heteroatoms. The summed E-state index contributed by atoms with van der Waals surface area (Å²) in [5, 5.41) is 12.4. The predicted molar refractivity (Wildman–Crippen MR) is 106 cm³/mol. The molecule has 1 aromatic rings. The van der Waals surface area contributed by atoms with Crippen molar-refractivity contribution in [2.45, 2.75) is 44.9 Å². The molecule has 1 aliphatic rings. The van der Waals surface area contributed by atoms with Gasteiger partial charge in [-0.25, -0.2) is 9.59 Å². The Balaban J connectivity index is 2.29. The lowest BCUT2D eigenvalue weighted by atomic mass is 9.94. The number of carboxylic acid groups (broad SMARTS) is 1. The monoisotopic (exact) mass is 428 g/mol. The molecule has 1 fully saturated rings. The maximum atomic E-state index is 12.4. The lowest BCUT2D eigenvalue weighted by Gasteiger charge is -2.29. The molecule has 0 saturated carbocycles. The summed E-state index contributed by atoms with van der Waals surface area (Å²) >= 11 is 0. The standard InChI is InChI=1S/C19H28N2O7S/c1-19(2,3)28-17(22)20-16-14(12-27-29(4,25)26)11-21(18(23)24)15(16)10-13-8-6-5-7-9-13/h5-9,14-16H,10-12H2,1-4H3,(H,20,22)(H,23,24). The minimum absolute atomic E-state index is 0.0306. The van der Waals surface area contributed by atoms with Crippen LogP contribution in [0.5, 0.6) is 0 Å².